The van der Waals surface area contributed by atoms with Crippen molar-refractivity contribution in [2.75, 3.05) is 0 Å². The molecular formula is C20H25N3O5. The Morgan fingerprint density at radius 1 is 0.893 bits per heavy atom. The maximum absolute atomic E-state index is 10.5. The zero-order valence-corrected chi connectivity index (χ0v) is 13.7. The number of aromatic carboxylic acids is 2. The van der Waals surface area contributed by atoms with E-state index in [1.165, 1.54) is 24.3 Å². The fraction of sp³-hybridized carbons (Fsp3) is 0.200. The molecule has 0 heterocycles. The molecular weight excluding hydrogens is 362 g/mol. The Morgan fingerprint density at radius 2 is 1.29 bits per heavy atom. The highest BCUT2D eigenvalue weighted by molar-refractivity contribution is 5.88. The van der Waals surface area contributed by atoms with E-state index in [-0.39, 0.29) is 31.8 Å². The summed E-state index contributed by atoms with van der Waals surface area (Å²) in [6, 6.07) is 12.5. The van der Waals surface area contributed by atoms with Gasteiger partial charge in [0, 0.05) is 12.0 Å². The summed E-state index contributed by atoms with van der Waals surface area (Å²) in [6.07, 6.45) is 0.302. The lowest BCUT2D eigenvalue weighted by atomic mass is 10.1. The molecule has 0 aliphatic carbocycles. The van der Waals surface area contributed by atoms with Gasteiger partial charge in [-0.3, -0.25) is 0 Å². The van der Waals surface area contributed by atoms with Crippen LogP contribution in [-0.2, 0) is 13.0 Å². The standard InChI is InChI=1S/C9H10N2O3.C9H7NO2.2CH4/c10-8(11-14)5-6-1-3-7(4-2-6)9(12)13;1-10-6-7-2-4-8(5-3-7)9(11)12;;/h1-4,14H,5H2,(H2,10,11)(H,12,13);2-5H,6H2,(H,11,12);2*1H4. The van der Waals surface area contributed by atoms with E-state index in [1.807, 2.05) is 0 Å². The SMILES string of the molecule is C.C.NC(Cc1ccc(C(=O)O)cc1)=NO.[C-]#[N+]Cc1ccc(C(=O)O)cc1. The Bertz CT molecular complexity index is 822. The molecule has 0 unspecified atom stereocenters. The van der Waals surface area contributed by atoms with Crippen molar-refractivity contribution in [3.63, 3.8) is 0 Å². The van der Waals surface area contributed by atoms with E-state index in [0.717, 1.165) is 11.1 Å². The third-order valence-corrected chi connectivity index (χ3v) is 3.18. The zero-order chi connectivity index (χ0) is 19.5. The van der Waals surface area contributed by atoms with E-state index in [1.54, 1.807) is 24.3 Å². The minimum Gasteiger partial charge on any atom is -0.478 e. The molecule has 150 valence electrons. The summed E-state index contributed by atoms with van der Waals surface area (Å²) in [7, 11) is 0. The molecule has 0 bridgehead atoms. The highest BCUT2D eigenvalue weighted by Crippen LogP contribution is 2.06. The van der Waals surface area contributed by atoms with Gasteiger partial charge in [-0.2, -0.15) is 0 Å². The van der Waals surface area contributed by atoms with Gasteiger partial charge in [-0.15, -0.1) is 0 Å². The summed E-state index contributed by atoms with van der Waals surface area (Å²) >= 11 is 0. The zero-order valence-electron chi connectivity index (χ0n) is 13.7. The van der Waals surface area contributed by atoms with Crippen molar-refractivity contribution in [1.82, 2.24) is 0 Å². The molecule has 5 N–H and O–H groups in total. The van der Waals surface area contributed by atoms with Crippen molar-refractivity contribution >= 4 is 17.8 Å². The smallest absolute Gasteiger partial charge is 0.335 e. The van der Waals surface area contributed by atoms with Gasteiger partial charge >= 0.3 is 11.9 Å². The normalized spacial score (nSPS) is 9.46. The molecule has 0 aliphatic heterocycles. The van der Waals surface area contributed by atoms with Crippen LogP contribution in [0.1, 0.15) is 46.7 Å². The number of nitrogens with zero attached hydrogens (tertiary/aromatic N) is 2. The van der Waals surface area contributed by atoms with Crippen molar-refractivity contribution < 1.29 is 25.0 Å². The van der Waals surface area contributed by atoms with Crippen molar-refractivity contribution in [1.29, 1.82) is 0 Å². The Balaban J connectivity index is 0. The molecule has 0 radical (unpaired) electrons. The highest BCUT2D eigenvalue weighted by atomic mass is 16.4. The van der Waals surface area contributed by atoms with Crippen LogP contribution in [0.25, 0.3) is 4.85 Å². The van der Waals surface area contributed by atoms with E-state index in [4.69, 9.17) is 27.7 Å². The lowest BCUT2D eigenvalue weighted by Gasteiger charge is -1.99. The van der Waals surface area contributed by atoms with Gasteiger partial charge in [-0.1, -0.05) is 44.3 Å². The number of amidine groups is 1. The highest BCUT2D eigenvalue weighted by Gasteiger charge is 2.03. The molecule has 0 amide bonds. The Kier molecular flexibility index (Phi) is 12.6. The second-order valence-electron chi connectivity index (χ2n) is 5.09. The molecule has 8 heteroatoms. The monoisotopic (exact) mass is 387 g/mol. The van der Waals surface area contributed by atoms with Gasteiger partial charge < -0.3 is 26.0 Å². The first-order chi connectivity index (χ1) is 12.4. The molecule has 0 saturated heterocycles. The van der Waals surface area contributed by atoms with E-state index in [9.17, 15) is 9.59 Å². The number of hydrogen-bond acceptors (Lipinski definition) is 4. The van der Waals surface area contributed by atoms with E-state index in [0.29, 0.717) is 13.0 Å². The fourth-order valence-corrected chi connectivity index (χ4v) is 1.85. The van der Waals surface area contributed by atoms with Gasteiger partial charge in [0.1, 0.15) is 5.84 Å². The second kappa shape index (κ2) is 13.4. The number of oxime groups is 1. The molecule has 2 aromatic rings. The van der Waals surface area contributed by atoms with Crippen LogP contribution in [0.2, 0.25) is 0 Å². The summed E-state index contributed by atoms with van der Waals surface area (Å²) in [5.74, 6) is -1.82. The van der Waals surface area contributed by atoms with Crippen LogP contribution in [0.4, 0.5) is 0 Å². The average Bonchev–Trinajstić information content (AvgIpc) is 2.63. The van der Waals surface area contributed by atoms with Crippen LogP contribution in [0.15, 0.2) is 53.7 Å². The fourth-order valence-electron chi connectivity index (χ4n) is 1.85. The summed E-state index contributed by atoms with van der Waals surface area (Å²) in [4.78, 5) is 24.1. The summed E-state index contributed by atoms with van der Waals surface area (Å²) in [5, 5.41) is 28.3. The number of carboxylic acids is 2. The minimum absolute atomic E-state index is 0. The summed E-state index contributed by atoms with van der Waals surface area (Å²) < 4.78 is 0. The van der Waals surface area contributed by atoms with Crippen molar-refractivity contribution in [2.24, 2.45) is 10.9 Å². The van der Waals surface area contributed by atoms with Crippen molar-refractivity contribution in [3.05, 3.63) is 82.2 Å². The van der Waals surface area contributed by atoms with Gasteiger partial charge in [-0.25, -0.2) is 16.2 Å². The molecule has 0 aromatic heterocycles. The van der Waals surface area contributed by atoms with Gasteiger partial charge in [0.2, 0.25) is 6.54 Å². The maximum atomic E-state index is 10.5. The molecule has 0 spiro atoms. The van der Waals surface area contributed by atoms with Crippen LogP contribution in [-0.4, -0.2) is 33.2 Å². The Hall–Kier alpha value is -3.86. The molecule has 28 heavy (non-hydrogen) atoms. The topological polar surface area (TPSA) is 138 Å². The van der Waals surface area contributed by atoms with E-state index < -0.39 is 11.9 Å². The van der Waals surface area contributed by atoms with E-state index in [2.05, 4.69) is 10.0 Å². The summed E-state index contributed by atoms with van der Waals surface area (Å²) in [6.45, 7) is 6.89. The maximum Gasteiger partial charge on any atom is 0.335 e. The molecule has 0 fully saturated rings. The van der Waals surface area contributed by atoms with Crippen LogP contribution < -0.4 is 5.73 Å². The number of carbonyl (C=O) groups is 2. The predicted octanol–water partition coefficient (Wildman–Crippen LogP) is 3.75. The number of nitrogens with two attached hydrogens (primary N) is 1. The van der Waals surface area contributed by atoms with Crippen LogP contribution in [0.5, 0.6) is 0 Å². The van der Waals surface area contributed by atoms with Gasteiger partial charge in [0.15, 0.2) is 0 Å². The molecule has 0 saturated carbocycles. The quantitative estimate of drug-likeness (QED) is 0.203. The molecule has 0 aliphatic rings. The summed E-state index contributed by atoms with van der Waals surface area (Å²) in [5.41, 5.74) is 7.40. The van der Waals surface area contributed by atoms with Gasteiger partial charge in [0.05, 0.1) is 11.1 Å². The largest absolute Gasteiger partial charge is 0.478 e. The third-order valence-electron chi connectivity index (χ3n) is 3.18. The van der Waals surface area contributed by atoms with Crippen LogP contribution >= 0.6 is 0 Å². The predicted molar refractivity (Wildman–Crippen MR) is 108 cm³/mol. The molecule has 0 atom stereocenters. The number of carboxylic acid groups (broad SMARTS) is 2. The first-order valence-corrected chi connectivity index (χ1v) is 7.31. The number of rotatable bonds is 5. The van der Waals surface area contributed by atoms with E-state index >= 15 is 0 Å². The van der Waals surface area contributed by atoms with Crippen molar-refractivity contribution in [2.45, 2.75) is 27.8 Å². The first kappa shape index (κ1) is 26.4. The lowest BCUT2D eigenvalue weighted by Crippen LogP contribution is -2.14. The number of hydrogen-bond donors (Lipinski definition) is 4. The Morgan fingerprint density at radius 3 is 1.61 bits per heavy atom. The molecule has 2 rings (SSSR count). The second-order valence-corrected chi connectivity index (χ2v) is 5.09. The third kappa shape index (κ3) is 9.01. The van der Waals surface area contributed by atoms with Crippen LogP contribution in [0, 0.1) is 6.57 Å². The lowest BCUT2D eigenvalue weighted by molar-refractivity contribution is 0.0686. The average molecular weight is 387 g/mol. The van der Waals surface area contributed by atoms with Gasteiger partial charge in [-0.05, 0) is 29.8 Å². The first-order valence-electron chi connectivity index (χ1n) is 7.31. The molecule has 2 aromatic carbocycles. The number of benzene rings is 2. The van der Waals surface area contributed by atoms with Gasteiger partial charge in [0.25, 0.3) is 0 Å². The van der Waals surface area contributed by atoms with Crippen molar-refractivity contribution in [3.8, 4) is 0 Å². The Labute approximate surface area is 164 Å². The molecule has 8 nitrogen and oxygen atoms in total. The van der Waals surface area contributed by atoms with Crippen LogP contribution in [0.3, 0.4) is 0 Å². The minimum atomic E-state index is -0.972.